The topological polar surface area (TPSA) is 86.7 Å². The molecule has 2 rings (SSSR count). The molecular weight excluding hydrogens is 344 g/mol. The van der Waals surface area contributed by atoms with E-state index in [9.17, 15) is 14.4 Å². The van der Waals surface area contributed by atoms with E-state index in [0.29, 0.717) is 25.1 Å². The highest BCUT2D eigenvalue weighted by molar-refractivity contribution is 6.34. The smallest absolute Gasteiger partial charge is 0.308 e. The van der Waals surface area contributed by atoms with E-state index in [0.717, 1.165) is 0 Å². The van der Waals surface area contributed by atoms with Gasteiger partial charge in [-0.3, -0.25) is 14.4 Å². The highest BCUT2D eigenvalue weighted by atomic mass is 35.5. The third-order valence-corrected chi connectivity index (χ3v) is 4.33. The molecule has 1 aliphatic rings. The SMILES string of the molecule is CC(C)(C)CC(=O)Nc1ccc(Cl)c(C(=O)N2CCC(C(=O)O)C2)c1. The van der Waals surface area contributed by atoms with Gasteiger partial charge in [-0.05, 0) is 30.0 Å². The summed E-state index contributed by atoms with van der Waals surface area (Å²) in [7, 11) is 0. The summed E-state index contributed by atoms with van der Waals surface area (Å²) >= 11 is 6.13. The van der Waals surface area contributed by atoms with E-state index in [4.69, 9.17) is 16.7 Å². The van der Waals surface area contributed by atoms with Gasteiger partial charge in [0.15, 0.2) is 0 Å². The van der Waals surface area contributed by atoms with Crippen molar-refractivity contribution in [3.8, 4) is 0 Å². The second kappa shape index (κ2) is 7.44. The maximum absolute atomic E-state index is 12.6. The van der Waals surface area contributed by atoms with Crippen molar-refractivity contribution in [2.24, 2.45) is 11.3 Å². The Morgan fingerprint density at radius 1 is 1.32 bits per heavy atom. The van der Waals surface area contributed by atoms with Gasteiger partial charge in [0.2, 0.25) is 5.91 Å². The molecule has 0 aliphatic carbocycles. The van der Waals surface area contributed by atoms with Crippen LogP contribution in [0.5, 0.6) is 0 Å². The number of nitrogens with one attached hydrogen (secondary N) is 1. The Morgan fingerprint density at radius 3 is 2.56 bits per heavy atom. The zero-order chi connectivity index (χ0) is 18.8. The molecule has 0 spiro atoms. The largest absolute Gasteiger partial charge is 0.481 e. The third-order valence-electron chi connectivity index (χ3n) is 4.00. The summed E-state index contributed by atoms with van der Waals surface area (Å²) in [5.41, 5.74) is 0.619. The van der Waals surface area contributed by atoms with Gasteiger partial charge < -0.3 is 15.3 Å². The van der Waals surface area contributed by atoms with Gasteiger partial charge >= 0.3 is 5.97 Å². The normalized spacial score (nSPS) is 17.4. The van der Waals surface area contributed by atoms with Crippen LogP contribution in [-0.4, -0.2) is 40.9 Å². The molecule has 1 atom stereocenters. The van der Waals surface area contributed by atoms with Crippen LogP contribution in [0.2, 0.25) is 5.02 Å². The molecule has 136 valence electrons. The van der Waals surface area contributed by atoms with Crippen LogP contribution in [0.15, 0.2) is 18.2 Å². The molecule has 25 heavy (non-hydrogen) atoms. The summed E-state index contributed by atoms with van der Waals surface area (Å²) in [5.74, 6) is -1.90. The number of aliphatic carboxylic acids is 1. The summed E-state index contributed by atoms with van der Waals surface area (Å²) in [6.07, 6.45) is 0.784. The maximum Gasteiger partial charge on any atom is 0.308 e. The van der Waals surface area contributed by atoms with Gasteiger partial charge in [0.1, 0.15) is 0 Å². The van der Waals surface area contributed by atoms with Crippen molar-refractivity contribution < 1.29 is 19.5 Å². The average molecular weight is 367 g/mol. The van der Waals surface area contributed by atoms with Crippen LogP contribution in [-0.2, 0) is 9.59 Å². The fraction of sp³-hybridized carbons (Fsp3) is 0.500. The van der Waals surface area contributed by atoms with E-state index in [1.807, 2.05) is 20.8 Å². The molecule has 1 aliphatic heterocycles. The van der Waals surface area contributed by atoms with Crippen molar-refractivity contribution in [1.29, 1.82) is 0 Å². The number of hydrogen-bond acceptors (Lipinski definition) is 3. The fourth-order valence-corrected chi connectivity index (χ4v) is 2.97. The summed E-state index contributed by atoms with van der Waals surface area (Å²) in [6.45, 7) is 6.46. The minimum atomic E-state index is -0.899. The standard InChI is InChI=1S/C18H23ClN2O4/c1-18(2,3)9-15(22)20-12-4-5-14(19)13(8-12)16(23)21-7-6-11(10-21)17(24)25/h4-5,8,11H,6-7,9-10H2,1-3H3,(H,20,22)(H,24,25). The Kier molecular flexibility index (Phi) is 5.72. The zero-order valence-electron chi connectivity index (χ0n) is 14.6. The second-order valence-corrected chi connectivity index (χ2v) is 7.96. The Balaban J connectivity index is 2.12. The van der Waals surface area contributed by atoms with Crippen molar-refractivity contribution in [2.75, 3.05) is 18.4 Å². The molecule has 0 radical (unpaired) electrons. The van der Waals surface area contributed by atoms with Gasteiger partial charge in [0.25, 0.3) is 5.91 Å². The summed E-state index contributed by atoms with van der Waals surface area (Å²) in [5, 5.41) is 12.1. The Labute approximate surface area is 152 Å². The monoisotopic (exact) mass is 366 g/mol. The molecule has 1 saturated heterocycles. The number of benzene rings is 1. The number of hydrogen-bond donors (Lipinski definition) is 2. The van der Waals surface area contributed by atoms with Crippen molar-refractivity contribution >= 4 is 35.1 Å². The van der Waals surface area contributed by atoms with Gasteiger partial charge in [-0.1, -0.05) is 32.4 Å². The molecule has 2 N–H and O–H groups in total. The van der Waals surface area contributed by atoms with E-state index < -0.39 is 11.9 Å². The molecule has 0 bridgehead atoms. The first-order valence-electron chi connectivity index (χ1n) is 8.18. The predicted octanol–water partition coefficient (Wildman–Crippen LogP) is 3.26. The van der Waals surface area contributed by atoms with Crippen LogP contribution in [0, 0.1) is 11.3 Å². The number of halogens is 1. The van der Waals surface area contributed by atoms with Crippen LogP contribution in [0.4, 0.5) is 5.69 Å². The molecule has 0 saturated carbocycles. The quantitative estimate of drug-likeness (QED) is 0.856. The molecule has 7 heteroatoms. The Hall–Kier alpha value is -2.08. The van der Waals surface area contributed by atoms with Crippen LogP contribution in [0.1, 0.15) is 44.0 Å². The van der Waals surface area contributed by atoms with Crippen molar-refractivity contribution in [3.63, 3.8) is 0 Å². The lowest BCUT2D eigenvalue weighted by Gasteiger charge is -2.19. The summed E-state index contributed by atoms with van der Waals surface area (Å²) in [4.78, 5) is 37.2. The van der Waals surface area contributed by atoms with Crippen LogP contribution in [0.3, 0.4) is 0 Å². The minimum Gasteiger partial charge on any atom is -0.481 e. The predicted molar refractivity (Wildman–Crippen MR) is 95.8 cm³/mol. The van der Waals surface area contributed by atoms with Gasteiger partial charge in [0, 0.05) is 25.2 Å². The van der Waals surface area contributed by atoms with E-state index in [1.54, 1.807) is 18.2 Å². The van der Waals surface area contributed by atoms with Gasteiger partial charge in [-0.2, -0.15) is 0 Å². The zero-order valence-corrected chi connectivity index (χ0v) is 15.4. The van der Waals surface area contributed by atoms with E-state index in [1.165, 1.54) is 4.90 Å². The van der Waals surface area contributed by atoms with Crippen molar-refractivity contribution in [1.82, 2.24) is 4.90 Å². The van der Waals surface area contributed by atoms with Crippen LogP contribution < -0.4 is 5.32 Å². The minimum absolute atomic E-state index is 0.139. The molecule has 2 amide bonds. The molecule has 1 fully saturated rings. The van der Waals surface area contributed by atoms with E-state index in [-0.39, 0.29) is 34.4 Å². The second-order valence-electron chi connectivity index (χ2n) is 7.56. The number of nitrogens with zero attached hydrogens (tertiary/aromatic N) is 1. The lowest BCUT2D eigenvalue weighted by Crippen LogP contribution is -2.30. The first kappa shape index (κ1) is 19.2. The van der Waals surface area contributed by atoms with Crippen LogP contribution in [0.25, 0.3) is 0 Å². The Bertz CT molecular complexity index is 697. The number of carboxylic acids is 1. The molecule has 6 nitrogen and oxygen atoms in total. The van der Waals surface area contributed by atoms with Gasteiger partial charge in [-0.15, -0.1) is 0 Å². The lowest BCUT2D eigenvalue weighted by atomic mass is 9.92. The molecule has 1 aromatic rings. The summed E-state index contributed by atoms with van der Waals surface area (Å²) in [6, 6.07) is 4.75. The number of anilines is 1. The average Bonchev–Trinajstić information content (AvgIpc) is 2.96. The molecule has 1 unspecified atom stereocenters. The van der Waals surface area contributed by atoms with Crippen LogP contribution >= 0.6 is 11.6 Å². The highest BCUT2D eigenvalue weighted by Crippen LogP contribution is 2.26. The first-order valence-corrected chi connectivity index (χ1v) is 8.56. The Morgan fingerprint density at radius 2 is 2.00 bits per heavy atom. The number of amides is 2. The van der Waals surface area contributed by atoms with Gasteiger partial charge in [0.05, 0.1) is 16.5 Å². The number of carbonyl (C=O) groups is 3. The summed E-state index contributed by atoms with van der Waals surface area (Å²) < 4.78 is 0. The molecular formula is C18H23ClN2O4. The number of rotatable bonds is 4. The number of carbonyl (C=O) groups excluding carboxylic acids is 2. The van der Waals surface area contributed by atoms with Crippen molar-refractivity contribution in [2.45, 2.75) is 33.6 Å². The maximum atomic E-state index is 12.6. The molecule has 1 aromatic carbocycles. The lowest BCUT2D eigenvalue weighted by molar-refractivity contribution is -0.141. The van der Waals surface area contributed by atoms with Crippen molar-refractivity contribution in [3.05, 3.63) is 28.8 Å². The molecule has 1 heterocycles. The molecule has 0 aromatic heterocycles. The highest BCUT2D eigenvalue weighted by Gasteiger charge is 2.32. The van der Waals surface area contributed by atoms with Gasteiger partial charge in [-0.25, -0.2) is 0 Å². The third kappa shape index (κ3) is 5.19. The fourth-order valence-electron chi connectivity index (χ4n) is 2.77. The van der Waals surface area contributed by atoms with E-state index >= 15 is 0 Å². The first-order chi connectivity index (χ1) is 11.6. The number of likely N-dealkylation sites (tertiary alicyclic amines) is 1. The van der Waals surface area contributed by atoms with E-state index in [2.05, 4.69) is 5.32 Å². The number of carboxylic acid groups (broad SMARTS) is 1.